The summed E-state index contributed by atoms with van der Waals surface area (Å²) in [6.07, 6.45) is 0.908. The van der Waals surface area contributed by atoms with Gasteiger partial charge in [0.25, 0.3) is 0 Å². The minimum absolute atomic E-state index is 0.326. The summed E-state index contributed by atoms with van der Waals surface area (Å²) < 4.78 is 5.60. The molecule has 0 radical (unpaired) electrons. The van der Waals surface area contributed by atoms with Gasteiger partial charge in [-0.25, -0.2) is 0 Å². The molecule has 1 unspecified atom stereocenters. The lowest BCUT2D eigenvalue weighted by Crippen LogP contribution is -2.15. The van der Waals surface area contributed by atoms with Gasteiger partial charge in [0.1, 0.15) is 5.75 Å². The van der Waals surface area contributed by atoms with Gasteiger partial charge in [0.15, 0.2) is 0 Å². The number of aryl methyl sites for hydroxylation is 1. The molecule has 0 saturated heterocycles. The number of nitrogens with two attached hydrogens (primary N) is 1. The highest BCUT2D eigenvalue weighted by Gasteiger charge is 2.15. The van der Waals surface area contributed by atoms with E-state index in [1.807, 2.05) is 6.07 Å². The minimum atomic E-state index is 0.326. The zero-order chi connectivity index (χ0) is 14.5. The monoisotopic (exact) mass is 269 g/mol. The second-order valence-electron chi connectivity index (χ2n) is 5.25. The van der Waals surface area contributed by atoms with E-state index >= 15 is 0 Å². The fourth-order valence-electron chi connectivity index (χ4n) is 2.62. The molecule has 0 fully saturated rings. The van der Waals surface area contributed by atoms with Crippen LogP contribution in [0.2, 0.25) is 0 Å². The molecule has 2 rings (SSSR count). The topological polar surface area (TPSA) is 35.2 Å². The number of hydrogen-bond acceptors (Lipinski definition) is 2. The first-order valence-corrected chi connectivity index (χ1v) is 7.05. The van der Waals surface area contributed by atoms with E-state index in [1.165, 1.54) is 22.3 Å². The summed E-state index contributed by atoms with van der Waals surface area (Å²) in [6, 6.07) is 14.8. The highest BCUT2D eigenvalue weighted by atomic mass is 16.5. The molecule has 2 N–H and O–H groups in total. The van der Waals surface area contributed by atoms with E-state index in [0.29, 0.717) is 12.5 Å². The summed E-state index contributed by atoms with van der Waals surface area (Å²) >= 11 is 0. The first-order valence-electron chi connectivity index (χ1n) is 7.05. The van der Waals surface area contributed by atoms with E-state index in [9.17, 15) is 0 Å². The van der Waals surface area contributed by atoms with Crippen molar-refractivity contribution in [2.24, 2.45) is 5.73 Å². The molecule has 2 heteroatoms. The van der Waals surface area contributed by atoms with Gasteiger partial charge >= 0.3 is 0 Å². The Balaban J connectivity index is 2.31. The summed E-state index contributed by atoms with van der Waals surface area (Å²) in [7, 11) is 1.74. The molecule has 2 aromatic carbocycles. The van der Waals surface area contributed by atoms with E-state index < -0.39 is 0 Å². The normalized spacial score (nSPS) is 12.2. The average molecular weight is 269 g/mol. The molecule has 20 heavy (non-hydrogen) atoms. The molecule has 0 saturated carbocycles. The maximum Gasteiger partial charge on any atom is 0.125 e. The van der Waals surface area contributed by atoms with Gasteiger partial charge in [-0.05, 0) is 49.1 Å². The third-order valence-electron chi connectivity index (χ3n) is 3.98. The molecule has 0 aliphatic heterocycles. The minimum Gasteiger partial charge on any atom is -0.496 e. The van der Waals surface area contributed by atoms with Crippen molar-refractivity contribution in [3.8, 4) is 5.75 Å². The molecule has 0 aliphatic carbocycles. The molecule has 0 amide bonds. The van der Waals surface area contributed by atoms with Crippen LogP contribution in [0.3, 0.4) is 0 Å². The van der Waals surface area contributed by atoms with Crippen molar-refractivity contribution in [3.63, 3.8) is 0 Å². The van der Waals surface area contributed by atoms with Gasteiger partial charge < -0.3 is 10.5 Å². The molecule has 106 valence electrons. The molecule has 0 aliphatic rings. The van der Waals surface area contributed by atoms with Crippen LogP contribution in [0, 0.1) is 13.8 Å². The van der Waals surface area contributed by atoms with Crippen LogP contribution >= 0.6 is 0 Å². The van der Waals surface area contributed by atoms with Gasteiger partial charge in [0.2, 0.25) is 0 Å². The first-order chi connectivity index (χ1) is 9.67. The summed E-state index contributed by atoms with van der Waals surface area (Å²) in [5.41, 5.74) is 11.0. The Morgan fingerprint density at radius 3 is 2.35 bits per heavy atom. The van der Waals surface area contributed by atoms with Crippen molar-refractivity contribution in [1.29, 1.82) is 0 Å². The Labute approximate surface area is 121 Å². The molecular weight excluding hydrogens is 246 g/mol. The standard InChI is InChI=1S/C18H23NO/c1-13-9-10-16(18(20-3)14(13)2)11-17(12-19)15-7-5-4-6-8-15/h4-10,17H,11-12,19H2,1-3H3. The van der Waals surface area contributed by atoms with Crippen molar-refractivity contribution >= 4 is 0 Å². The molecule has 0 heterocycles. The number of hydrogen-bond donors (Lipinski definition) is 1. The van der Waals surface area contributed by atoms with Gasteiger partial charge in [-0.3, -0.25) is 0 Å². The van der Waals surface area contributed by atoms with Crippen LogP contribution in [0.5, 0.6) is 5.75 Å². The Bertz CT molecular complexity index is 563. The lowest BCUT2D eigenvalue weighted by atomic mass is 9.90. The summed E-state index contributed by atoms with van der Waals surface area (Å²) in [5, 5.41) is 0. The van der Waals surface area contributed by atoms with E-state index in [-0.39, 0.29) is 0 Å². The SMILES string of the molecule is COc1c(CC(CN)c2ccccc2)ccc(C)c1C. The van der Waals surface area contributed by atoms with Gasteiger partial charge in [-0.15, -0.1) is 0 Å². The van der Waals surface area contributed by atoms with E-state index in [4.69, 9.17) is 10.5 Å². The fraction of sp³-hybridized carbons (Fsp3) is 0.333. The predicted octanol–water partition coefficient (Wildman–Crippen LogP) is 3.60. The maximum absolute atomic E-state index is 5.97. The summed E-state index contributed by atoms with van der Waals surface area (Å²) in [5.74, 6) is 1.33. The van der Waals surface area contributed by atoms with Crippen LogP contribution in [-0.4, -0.2) is 13.7 Å². The lowest BCUT2D eigenvalue weighted by Gasteiger charge is -2.19. The number of ether oxygens (including phenoxy) is 1. The number of methoxy groups -OCH3 is 1. The number of rotatable bonds is 5. The second kappa shape index (κ2) is 6.58. The zero-order valence-corrected chi connectivity index (χ0v) is 12.5. The quantitative estimate of drug-likeness (QED) is 0.900. The Hall–Kier alpha value is -1.80. The van der Waals surface area contributed by atoms with Crippen molar-refractivity contribution in [2.75, 3.05) is 13.7 Å². The third kappa shape index (κ3) is 3.02. The molecule has 0 bridgehead atoms. The number of benzene rings is 2. The molecule has 2 aromatic rings. The molecule has 0 aromatic heterocycles. The Morgan fingerprint density at radius 1 is 1.05 bits per heavy atom. The van der Waals surface area contributed by atoms with Crippen LogP contribution in [-0.2, 0) is 6.42 Å². The summed E-state index contributed by atoms with van der Waals surface area (Å²) in [4.78, 5) is 0. The smallest absolute Gasteiger partial charge is 0.125 e. The van der Waals surface area contributed by atoms with E-state index in [1.54, 1.807) is 7.11 Å². The van der Waals surface area contributed by atoms with Crippen LogP contribution in [0.25, 0.3) is 0 Å². The van der Waals surface area contributed by atoms with Crippen molar-refractivity contribution < 1.29 is 4.74 Å². The third-order valence-corrected chi connectivity index (χ3v) is 3.98. The molecular formula is C18H23NO. The van der Waals surface area contributed by atoms with Crippen LogP contribution in [0.15, 0.2) is 42.5 Å². The summed E-state index contributed by atoms with van der Waals surface area (Å²) in [6.45, 7) is 4.86. The molecule has 1 atom stereocenters. The molecule has 0 spiro atoms. The van der Waals surface area contributed by atoms with Crippen LogP contribution in [0.4, 0.5) is 0 Å². The average Bonchev–Trinajstić information content (AvgIpc) is 2.49. The highest BCUT2D eigenvalue weighted by Crippen LogP contribution is 2.30. The largest absolute Gasteiger partial charge is 0.496 e. The zero-order valence-electron chi connectivity index (χ0n) is 12.5. The van der Waals surface area contributed by atoms with E-state index in [2.05, 4.69) is 50.2 Å². The Morgan fingerprint density at radius 2 is 1.75 bits per heavy atom. The maximum atomic E-state index is 5.97. The van der Waals surface area contributed by atoms with E-state index in [0.717, 1.165) is 12.2 Å². The van der Waals surface area contributed by atoms with Gasteiger partial charge in [-0.1, -0.05) is 42.5 Å². The van der Waals surface area contributed by atoms with Crippen LogP contribution in [0.1, 0.15) is 28.2 Å². The van der Waals surface area contributed by atoms with Crippen molar-refractivity contribution in [3.05, 3.63) is 64.7 Å². The Kier molecular flexibility index (Phi) is 4.80. The van der Waals surface area contributed by atoms with Gasteiger partial charge in [-0.2, -0.15) is 0 Å². The van der Waals surface area contributed by atoms with Gasteiger partial charge in [0, 0.05) is 5.92 Å². The fourth-order valence-corrected chi connectivity index (χ4v) is 2.62. The van der Waals surface area contributed by atoms with Crippen molar-refractivity contribution in [1.82, 2.24) is 0 Å². The van der Waals surface area contributed by atoms with Crippen LogP contribution < -0.4 is 10.5 Å². The second-order valence-corrected chi connectivity index (χ2v) is 5.25. The predicted molar refractivity (Wildman–Crippen MR) is 84.4 cm³/mol. The first kappa shape index (κ1) is 14.6. The highest BCUT2D eigenvalue weighted by molar-refractivity contribution is 5.46. The van der Waals surface area contributed by atoms with Crippen molar-refractivity contribution in [2.45, 2.75) is 26.2 Å². The molecule has 2 nitrogen and oxygen atoms in total. The van der Waals surface area contributed by atoms with Gasteiger partial charge in [0.05, 0.1) is 7.11 Å². The lowest BCUT2D eigenvalue weighted by molar-refractivity contribution is 0.404.